The Balaban J connectivity index is 1.87. The zero-order valence-electron chi connectivity index (χ0n) is 15.6. The van der Waals surface area contributed by atoms with Gasteiger partial charge in [0, 0.05) is 18.2 Å². The Morgan fingerprint density at radius 1 is 1.14 bits per heavy atom. The molecule has 152 valence electrons. The van der Waals surface area contributed by atoms with Gasteiger partial charge >= 0.3 is 0 Å². The normalized spacial score (nSPS) is 10.8. The Morgan fingerprint density at radius 2 is 1.90 bits per heavy atom. The monoisotopic (exact) mass is 469 g/mol. The molecule has 10 heteroatoms. The molecule has 0 aliphatic rings. The topological polar surface area (TPSA) is 64.6 Å². The number of methoxy groups -OCH3 is 2. The lowest BCUT2D eigenvalue weighted by atomic mass is 10.2. The van der Waals surface area contributed by atoms with Gasteiger partial charge in [-0.2, -0.15) is 0 Å². The number of hydrogen-bond donors (Lipinski definition) is 0. The van der Waals surface area contributed by atoms with Crippen LogP contribution in [0.15, 0.2) is 41.8 Å². The van der Waals surface area contributed by atoms with Crippen molar-refractivity contribution in [3.05, 3.63) is 68.9 Å². The third-order valence-corrected chi connectivity index (χ3v) is 6.29. The fourth-order valence-corrected chi connectivity index (χ4v) is 4.49. The van der Waals surface area contributed by atoms with Gasteiger partial charge in [0.2, 0.25) is 5.13 Å². The summed E-state index contributed by atoms with van der Waals surface area (Å²) in [5.41, 5.74) is 1.83. The molecular formula is C19H17Cl2N3O3S2. The van der Waals surface area contributed by atoms with Gasteiger partial charge in [-0.25, -0.2) is 14.3 Å². The molecule has 2 aromatic heterocycles. The second kappa shape index (κ2) is 10.3. The molecule has 1 aromatic carbocycles. The fraction of sp³-hybridized carbons (Fsp3) is 0.211. The van der Waals surface area contributed by atoms with Crippen molar-refractivity contribution in [2.45, 2.75) is 12.4 Å². The Hall–Kier alpha value is -1.84. The molecule has 1 amide bonds. The summed E-state index contributed by atoms with van der Waals surface area (Å²) in [5, 5.41) is 2.78. The third kappa shape index (κ3) is 5.61. The first-order chi connectivity index (χ1) is 14.0. The summed E-state index contributed by atoms with van der Waals surface area (Å²) in [4.78, 5) is 21.8. The smallest absolute Gasteiger partial charge is 0.290 e. The van der Waals surface area contributed by atoms with Gasteiger partial charge in [0.05, 0.1) is 24.4 Å². The molecule has 0 spiro atoms. The molecule has 0 fully saturated rings. The number of benzene rings is 1. The van der Waals surface area contributed by atoms with Crippen LogP contribution in [0, 0.1) is 0 Å². The van der Waals surface area contributed by atoms with Crippen molar-refractivity contribution in [1.29, 1.82) is 0 Å². The van der Waals surface area contributed by atoms with Gasteiger partial charge in [-0.3, -0.25) is 4.79 Å². The zero-order chi connectivity index (χ0) is 20.8. The minimum absolute atomic E-state index is 0.0740. The number of thiazole rings is 1. The molecule has 0 aliphatic heterocycles. The maximum absolute atomic E-state index is 13.2. The highest BCUT2D eigenvalue weighted by atomic mass is 35.5. The molecule has 0 saturated carbocycles. The van der Waals surface area contributed by atoms with Gasteiger partial charge in [-0.15, -0.1) is 11.3 Å². The lowest BCUT2D eigenvalue weighted by Gasteiger charge is -2.19. The minimum Gasteiger partial charge on any atom is -0.497 e. The van der Waals surface area contributed by atoms with Crippen LogP contribution < -0.4 is 9.04 Å². The number of amides is 1. The molecule has 3 aromatic rings. The van der Waals surface area contributed by atoms with E-state index in [1.807, 2.05) is 29.6 Å². The summed E-state index contributed by atoms with van der Waals surface area (Å²) < 4.78 is 11.8. The van der Waals surface area contributed by atoms with Crippen LogP contribution in [0.2, 0.25) is 10.2 Å². The molecule has 0 atom stereocenters. The maximum atomic E-state index is 13.2. The standard InChI is InChI=1S/C19H17Cl2N3O3S2/c1-26-9-13-11-28-19(22-13)24(18(25)17-15(20)7-8-16(21)23-17)29-10-12-3-5-14(27-2)6-4-12/h3-8,11H,9-10H2,1-2H3. The number of carbonyl (C=O) groups is 1. The Morgan fingerprint density at radius 3 is 2.59 bits per heavy atom. The van der Waals surface area contributed by atoms with Gasteiger partial charge in [0.15, 0.2) is 0 Å². The van der Waals surface area contributed by atoms with Crippen LogP contribution in [0.25, 0.3) is 0 Å². The summed E-state index contributed by atoms with van der Waals surface area (Å²) in [7, 11) is 3.21. The van der Waals surface area contributed by atoms with E-state index in [2.05, 4.69) is 9.97 Å². The molecule has 0 saturated heterocycles. The highest BCUT2D eigenvalue weighted by Gasteiger charge is 2.25. The molecule has 0 aliphatic carbocycles. The molecule has 3 rings (SSSR count). The number of hydrogen-bond acceptors (Lipinski definition) is 7. The second-order valence-corrected chi connectivity index (χ2v) is 8.28. The van der Waals surface area contributed by atoms with Crippen LogP contribution in [0.1, 0.15) is 21.7 Å². The maximum Gasteiger partial charge on any atom is 0.290 e. The van der Waals surface area contributed by atoms with E-state index >= 15 is 0 Å². The van der Waals surface area contributed by atoms with Gasteiger partial charge in [-0.05, 0) is 41.8 Å². The van der Waals surface area contributed by atoms with Crippen molar-refractivity contribution in [2.24, 2.45) is 0 Å². The molecule has 0 N–H and O–H groups in total. The van der Waals surface area contributed by atoms with Gasteiger partial charge in [0.1, 0.15) is 16.6 Å². The first-order valence-corrected chi connectivity index (χ1v) is 11.0. The van der Waals surface area contributed by atoms with Crippen LogP contribution in [0.3, 0.4) is 0 Å². The van der Waals surface area contributed by atoms with E-state index in [1.165, 1.54) is 33.7 Å². The van der Waals surface area contributed by atoms with Crippen molar-refractivity contribution in [3.63, 3.8) is 0 Å². The van der Waals surface area contributed by atoms with Gasteiger partial charge < -0.3 is 9.47 Å². The summed E-state index contributed by atoms with van der Waals surface area (Å²) in [6, 6.07) is 10.7. The lowest BCUT2D eigenvalue weighted by Crippen LogP contribution is -2.25. The summed E-state index contributed by atoms with van der Waals surface area (Å²) in [6.45, 7) is 0.359. The van der Waals surface area contributed by atoms with E-state index in [0.29, 0.717) is 17.5 Å². The third-order valence-electron chi connectivity index (χ3n) is 3.72. The van der Waals surface area contributed by atoms with Crippen molar-refractivity contribution in [2.75, 3.05) is 18.5 Å². The SMILES string of the molecule is COCc1csc(N(SCc2ccc(OC)cc2)C(=O)c2nc(Cl)ccc2Cl)n1. The van der Waals surface area contributed by atoms with Crippen molar-refractivity contribution >= 4 is 57.5 Å². The Kier molecular flexibility index (Phi) is 7.74. The molecule has 6 nitrogen and oxygen atoms in total. The molecule has 0 radical (unpaired) electrons. The van der Waals surface area contributed by atoms with Gasteiger partial charge in [-0.1, -0.05) is 35.3 Å². The minimum atomic E-state index is -0.394. The lowest BCUT2D eigenvalue weighted by molar-refractivity contribution is 0.100. The van der Waals surface area contributed by atoms with Crippen LogP contribution in [0.5, 0.6) is 5.75 Å². The zero-order valence-corrected chi connectivity index (χ0v) is 18.7. The molecule has 0 unspecified atom stereocenters. The average Bonchev–Trinajstić information content (AvgIpc) is 3.19. The predicted molar refractivity (Wildman–Crippen MR) is 118 cm³/mol. The van der Waals surface area contributed by atoms with E-state index in [9.17, 15) is 4.79 Å². The first kappa shape index (κ1) is 21.9. The number of anilines is 1. The van der Waals surface area contributed by atoms with Crippen LogP contribution in [-0.4, -0.2) is 30.1 Å². The van der Waals surface area contributed by atoms with Crippen LogP contribution >= 0.6 is 46.5 Å². The molecule has 29 heavy (non-hydrogen) atoms. The number of ether oxygens (including phenoxy) is 2. The van der Waals surface area contributed by atoms with Crippen molar-refractivity contribution < 1.29 is 14.3 Å². The van der Waals surface area contributed by atoms with E-state index in [4.69, 9.17) is 32.7 Å². The number of halogens is 2. The summed E-state index contributed by atoms with van der Waals surface area (Å²) in [6.07, 6.45) is 0. The Bertz CT molecular complexity index is 983. The number of rotatable bonds is 8. The number of carbonyl (C=O) groups excluding carboxylic acids is 1. The molecule has 2 heterocycles. The van der Waals surface area contributed by atoms with E-state index in [0.717, 1.165) is 17.0 Å². The van der Waals surface area contributed by atoms with Gasteiger partial charge in [0.25, 0.3) is 5.91 Å². The highest BCUT2D eigenvalue weighted by Crippen LogP contribution is 2.32. The van der Waals surface area contributed by atoms with E-state index in [1.54, 1.807) is 20.3 Å². The van der Waals surface area contributed by atoms with E-state index in [-0.39, 0.29) is 15.9 Å². The largest absolute Gasteiger partial charge is 0.497 e. The van der Waals surface area contributed by atoms with Crippen molar-refractivity contribution in [1.82, 2.24) is 9.97 Å². The Labute approximate surface area is 186 Å². The van der Waals surface area contributed by atoms with E-state index < -0.39 is 5.91 Å². The quantitative estimate of drug-likeness (QED) is 0.320. The molecule has 0 bridgehead atoms. The summed E-state index contributed by atoms with van der Waals surface area (Å²) in [5.74, 6) is 0.910. The van der Waals surface area contributed by atoms with Crippen LogP contribution in [0.4, 0.5) is 5.13 Å². The summed E-state index contributed by atoms with van der Waals surface area (Å²) >= 11 is 14.8. The first-order valence-electron chi connectivity index (χ1n) is 8.37. The fourth-order valence-electron chi connectivity index (χ4n) is 2.33. The predicted octanol–water partition coefficient (Wildman–Crippen LogP) is 5.50. The molecular weight excluding hydrogens is 453 g/mol. The van der Waals surface area contributed by atoms with Crippen LogP contribution in [-0.2, 0) is 17.1 Å². The number of aromatic nitrogens is 2. The highest BCUT2D eigenvalue weighted by molar-refractivity contribution is 8.00. The van der Waals surface area contributed by atoms with Crippen molar-refractivity contribution in [3.8, 4) is 5.75 Å². The number of nitrogens with zero attached hydrogens (tertiary/aromatic N) is 3. The average molecular weight is 470 g/mol. The number of pyridine rings is 1. The second-order valence-electron chi connectivity index (χ2n) is 5.74.